The molecule has 2 unspecified atom stereocenters. The molecule has 0 bridgehead atoms. The van der Waals surface area contributed by atoms with Crippen molar-refractivity contribution in [2.45, 2.75) is 29.4 Å². The molecule has 15 N–H and O–H groups in total. The van der Waals surface area contributed by atoms with E-state index in [1.54, 1.807) is 0 Å². The maximum absolute atomic E-state index is 12.8. The van der Waals surface area contributed by atoms with Crippen LogP contribution in [0.25, 0.3) is 32.3 Å². The van der Waals surface area contributed by atoms with E-state index in [2.05, 4.69) is 59.7 Å². The Morgan fingerprint density at radius 1 is 0.440 bits per heavy atom. The molecule has 0 amide bonds. The fourth-order valence-corrected chi connectivity index (χ4v) is 11.2. The third kappa shape index (κ3) is 13.3. The molecule has 0 saturated heterocycles. The summed E-state index contributed by atoms with van der Waals surface area (Å²) in [5.41, 5.74) is 0.104. The molecule has 0 radical (unpaired) electrons. The molecule has 0 aromatic heterocycles. The van der Waals surface area contributed by atoms with Crippen LogP contribution in [-0.2, 0) is 59.2 Å². The number of nitrogens with two attached hydrogens (primary N) is 1. The van der Waals surface area contributed by atoms with E-state index in [-0.39, 0.29) is 78.2 Å². The highest BCUT2D eigenvalue weighted by Gasteiger charge is 2.29. The van der Waals surface area contributed by atoms with E-state index >= 15 is 0 Å². The van der Waals surface area contributed by atoms with Crippen molar-refractivity contribution < 1.29 is 117 Å². The predicted octanol–water partition coefficient (Wildman–Crippen LogP) is 8.16. The predicted molar refractivity (Wildman–Crippen MR) is 283 cm³/mol. The van der Waals surface area contributed by atoms with E-state index in [1.165, 1.54) is 18.2 Å². The quantitative estimate of drug-likeness (QED) is 0.00854. The zero-order valence-corrected chi connectivity index (χ0v) is 45.4. The molecule has 0 aliphatic carbocycles. The number of phenolic OH excluding ortho intramolecular Hbond substituents is 3. The zero-order chi connectivity index (χ0) is 61.4. The number of aromatic hydroxyl groups is 3. The van der Waals surface area contributed by atoms with Gasteiger partial charge < -0.3 is 31.5 Å². The van der Waals surface area contributed by atoms with Crippen molar-refractivity contribution in [1.29, 1.82) is 0 Å². The molecule has 8 aromatic carbocycles. The van der Waals surface area contributed by atoms with E-state index in [4.69, 9.17) is 16.2 Å². The first-order valence-electron chi connectivity index (χ1n) is 21.7. The summed E-state index contributed by atoms with van der Waals surface area (Å²) in [6.07, 6.45) is 0. The van der Waals surface area contributed by atoms with Crippen LogP contribution in [0.1, 0.15) is 0 Å². The van der Waals surface area contributed by atoms with Crippen LogP contribution in [0.5, 0.6) is 17.2 Å². The molecule has 42 heteroatoms. The van der Waals surface area contributed by atoms with Gasteiger partial charge in [0.05, 0.1) is 56.3 Å². The van der Waals surface area contributed by atoms with Crippen molar-refractivity contribution in [3.8, 4) is 17.2 Å². The molecular weight excluding hydrogens is 1250 g/mol. The van der Waals surface area contributed by atoms with Crippen LogP contribution in [-0.4, -0.2) is 88.1 Å². The topological polar surface area (TPSA) is 576 Å². The van der Waals surface area contributed by atoms with Crippen molar-refractivity contribution in [3.05, 3.63) is 107 Å². The van der Waals surface area contributed by atoms with Crippen LogP contribution in [0.2, 0.25) is 0 Å². The summed E-state index contributed by atoms with van der Waals surface area (Å²) in [5, 5.41) is 127. The third-order valence-electron chi connectivity index (χ3n) is 11.3. The first-order valence-corrected chi connectivity index (χ1v) is 29.0. The molecule has 0 saturated carbocycles. The number of nitrogens with zero attached hydrogens (tertiary/aromatic N) is 8. The van der Waals surface area contributed by atoms with Gasteiger partial charge in [-0.05, 0) is 89.0 Å². The molecule has 0 heterocycles. The molecule has 8 rings (SSSR count). The van der Waals surface area contributed by atoms with Crippen molar-refractivity contribution in [1.82, 2.24) is 0 Å². The second kappa shape index (κ2) is 24.3. The lowest BCUT2D eigenvalue weighted by Gasteiger charge is -2.14. The highest BCUT2D eigenvalue weighted by atomic mass is 32.2. The van der Waals surface area contributed by atoms with Crippen LogP contribution >= 0.6 is 24.1 Å². The van der Waals surface area contributed by atoms with E-state index in [0.29, 0.717) is 18.2 Å². The molecule has 2 atom stereocenters. The minimum atomic E-state index is -5.43. The number of anilines is 1. The number of quaternary nitrogens is 2. The Bertz CT molecular complexity index is 4620. The number of benzene rings is 8. The summed E-state index contributed by atoms with van der Waals surface area (Å²) < 4.78 is 150. The Kier molecular flexibility index (Phi) is 18.0. The number of rotatable bonds is 20. The van der Waals surface area contributed by atoms with Gasteiger partial charge in [0, 0.05) is 35.0 Å². The Labute approximate surface area is 475 Å². The van der Waals surface area contributed by atoms with Gasteiger partial charge in [0.1, 0.15) is 53.7 Å². The van der Waals surface area contributed by atoms with Crippen LogP contribution in [0, 0.1) is 10.4 Å². The number of phenols is 3. The molecule has 8 aromatic rings. The maximum Gasteiger partial charge on any atom is 0.296 e. The van der Waals surface area contributed by atoms with Gasteiger partial charge in [-0.1, -0.05) is 10.1 Å². The molecule has 440 valence electrons. The van der Waals surface area contributed by atoms with Gasteiger partial charge in [-0.25, -0.2) is 20.9 Å². The largest absolute Gasteiger partial charge is 0.595 e. The van der Waals surface area contributed by atoms with Gasteiger partial charge >= 0.3 is 0 Å². The van der Waals surface area contributed by atoms with E-state index in [1.807, 2.05) is 0 Å². The number of hydrogen-bond donors (Lipinski definition) is 14. The second-order valence-corrected chi connectivity index (χ2v) is 23.4. The highest BCUT2D eigenvalue weighted by Crippen LogP contribution is 2.50. The highest BCUT2D eigenvalue weighted by molar-refractivity contribution is 7.95. The fourth-order valence-electron chi connectivity index (χ4n) is 7.62. The van der Waals surface area contributed by atoms with Gasteiger partial charge in [-0.2, -0.15) is 54.4 Å². The Morgan fingerprint density at radius 2 is 0.857 bits per heavy atom. The summed E-state index contributed by atoms with van der Waals surface area (Å²) in [6.45, 7) is 0. The molecule has 84 heavy (non-hydrogen) atoms. The lowest BCUT2D eigenvalue weighted by atomic mass is 10.0. The number of fused-ring (bicyclic) bond motifs is 3. The Balaban J connectivity index is 1.19. The smallest absolute Gasteiger partial charge is 0.296 e. The summed E-state index contributed by atoms with van der Waals surface area (Å²) in [5.74, 6) is -2.82. The van der Waals surface area contributed by atoms with Gasteiger partial charge in [0.25, 0.3) is 40.5 Å². The Morgan fingerprint density at radius 3 is 1.38 bits per heavy atom. The second-order valence-electron chi connectivity index (χ2n) is 16.4. The monoisotopic (exact) mass is 1280 g/mol. The molecular formula is C42H31N11O25S6. The zero-order valence-electron chi connectivity index (χ0n) is 40.5. The average Bonchev–Trinajstić information content (AvgIpc) is 1.04. The van der Waals surface area contributed by atoms with Crippen LogP contribution in [0.15, 0.2) is 167 Å². The molecule has 0 spiro atoms. The molecule has 36 nitrogen and oxygen atoms in total. The van der Waals surface area contributed by atoms with Crippen molar-refractivity contribution in [2.24, 2.45) is 40.9 Å². The molecule has 0 aliphatic rings. The van der Waals surface area contributed by atoms with E-state index in [0.717, 1.165) is 60.7 Å². The van der Waals surface area contributed by atoms with Gasteiger partial charge in [0.15, 0.2) is 28.6 Å². The van der Waals surface area contributed by atoms with Crippen molar-refractivity contribution >= 4 is 159 Å². The maximum atomic E-state index is 12.8. The van der Waals surface area contributed by atoms with Crippen molar-refractivity contribution in [2.75, 3.05) is 5.73 Å². The van der Waals surface area contributed by atoms with Crippen molar-refractivity contribution in [3.63, 3.8) is 0 Å². The minimum absolute atomic E-state index is 0.0280. The first-order chi connectivity index (χ1) is 39.4. The van der Waals surface area contributed by atoms with E-state index in [9.17, 15) is 88.0 Å². The van der Waals surface area contributed by atoms with Crippen LogP contribution in [0.4, 0.5) is 62.6 Å². The number of azo groups is 4. The summed E-state index contributed by atoms with van der Waals surface area (Å²) in [6, 6.07) is 15.6. The summed E-state index contributed by atoms with van der Waals surface area (Å²) >= 11 is 0.465. The summed E-state index contributed by atoms with van der Waals surface area (Å²) in [4.78, 5) is -4.78. The number of hydrogen-bond acceptors (Lipinski definition) is 32. The first kappa shape index (κ1) is 62.1. The lowest BCUT2D eigenvalue weighted by molar-refractivity contribution is -0.991. The number of nitrogens with one attached hydrogen (secondary N) is 2. The molecule has 0 fully saturated rings. The number of nitrogen functional groups attached to an aromatic ring is 1. The standard InChI is InChI=1S/C42H31N11O25S6/c43-35-34-19(13-31(82(66,67)68)37(35)49-44-21-2-6-25-18(10-21)12-32(83(69,70)71)38(41(25)55)51-46-26-7-3-22(52(57)58)15-28(26)79-77-75-61)14-33(84(72,73)74)39(42(34)56)50-45-20-1-5-24-17(9-20)11-29(80-78-76-62)36(40(24)54)48-47-27-8-4-23(53(59)60)16-30(27)81(63,64)65/h1-16,52-57,59,61-62H,43H2,(H,63,64,65)(H,66,67,68)(H,69,70,71)(H,72,73,74). The lowest BCUT2D eigenvalue weighted by Crippen LogP contribution is -2.99. The SMILES string of the molecule is Nc1c(N=Nc2ccc3c(O)c(N=Nc4ccc([NH+]([O-])O)cc4SOOO)c(S(=O)(=O)O)cc3c2)c(S(=O)(=O)O)cc2cc(S(=O)(=O)O)c(N=Nc3ccc4c(O)c(N=Nc5ccc([NH+]([O-])O)cc5S(=O)(=O)O)c(SOOO)cc4c3)c(O)c12. The van der Waals surface area contributed by atoms with Crippen LogP contribution in [0.3, 0.4) is 0 Å². The third-order valence-corrected chi connectivity index (χ3v) is 16.0. The minimum Gasteiger partial charge on any atom is -0.595 e. The normalized spacial score (nSPS) is 13.7. The Hall–Kier alpha value is -8.00. The average molecular weight is 1280 g/mol. The summed E-state index contributed by atoms with van der Waals surface area (Å²) in [7, 11) is -21.2. The van der Waals surface area contributed by atoms with Crippen LogP contribution < -0.4 is 16.2 Å². The van der Waals surface area contributed by atoms with Gasteiger partial charge in [-0.3, -0.25) is 18.2 Å². The molecule has 0 aliphatic heterocycles. The fraction of sp³-hybridized carbons (Fsp3) is 0. The van der Waals surface area contributed by atoms with Gasteiger partial charge in [-0.15, -0.1) is 39.4 Å². The van der Waals surface area contributed by atoms with E-state index < -0.39 is 138 Å². The van der Waals surface area contributed by atoms with Gasteiger partial charge in [0.2, 0.25) is 0 Å².